The molecular weight excluding hydrogens is 406 g/mol. The molecule has 29 heavy (non-hydrogen) atoms. The Labute approximate surface area is 181 Å². The predicted octanol–water partition coefficient (Wildman–Crippen LogP) is 4.30. The molecule has 0 heterocycles. The molecule has 0 spiro atoms. The average molecular weight is 438 g/mol. The first-order valence-electron chi connectivity index (χ1n) is 10.2. The fourth-order valence-electron chi connectivity index (χ4n) is 4.00. The van der Waals surface area contributed by atoms with Crippen molar-refractivity contribution in [3.05, 3.63) is 65.2 Å². The first kappa shape index (κ1) is 23.7. The summed E-state index contributed by atoms with van der Waals surface area (Å²) in [5, 5.41) is 0. The van der Waals surface area contributed by atoms with Crippen molar-refractivity contribution in [3.63, 3.8) is 0 Å². The molecule has 0 saturated heterocycles. The van der Waals surface area contributed by atoms with E-state index in [1.54, 1.807) is 0 Å². The summed E-state index contributed by atoms with van der Waals surface area (Å²) in [7, 11) is -2.95. The Balaban J connectivity index is 0.00000300. The zero-order valence-electron chi connectivity index (χ0n) is 17.0. The molecule has 160 valence electrons. The lowest BCUT2D eigenvalue weighted by Crippen LogP contribution is -2.34. The van der Waals surface area contributed by atoms with Gasteiger partial charge in [0.25, 0.3) is 0 Å². The van der Waals surface area contributed by atoms with Gasteiger partial charge in [0, 0.05) is 17.7 Å². The van der Waals surface area contributed by atoms with Gasteiger partial charge in [-0.15, -0.1) is 12.4 Å². The van der Waals surface area contributed by atoms with Crippen LogP contribution >= 0.6 is 12.4 Å². The van der Waals surface area contributed by atoms with Crippen LogP contribution in [-0.4, -0.2) is 32.6 Å². The Hall–Kier alpha value is -1.56. The zero-order chi connectivity index (χ0) is 20.0. The van der Waals surface area contributed by atoms with Crippen molar-refractivity contribution < 1.29 is 13.2 Å². The topological polar surface area (TPSA) is 69.4 Å². The Morgan fingerprint density at radius 3 is 2.59 bits per heavy atom. The van der Waals surface area contributed by atoms with Crippen LogP contribution in [0.15, 0.2) is 48.5 Å². The number of sulfone groups is 1. The third-order valence-corrected chi connectivity index (χ3v) is 7.40. The second kappa shape index (κ2) is 11.0. The van der Waals surface area contributed by atoms with Crippen molar-refractivity contribution in [2.24, 2.45) is 5.73 Å². The van der Waals surface area contributed by atoms with Crippen LogP contribution in [0.4, 0.5) is 0 Å². The predicted molar refractivity (Wildman–Crippen MR) is 122 cm³/mol. The monoisotopic (exact) mass is 437 g/mol. The summed E-state index contributed by atoms with van der Waals surface area (Å²) >= 11 is 0. The fraction of sp³-hybridized carbons (Fsp3) is 0.478. The number of hydrogen-bond acceptors (Lipinski definition) is 4. The molecule has 6 heteroatoms. The molecule has 1 aliphatic rings. The van der Waals surface area contributed by atoms with Crippen LogP contribution in [0.25, 0.3) is 0 Å². The lowest BCUT2D eigenvalue weighted by molar-refractivity contribution is 0.316. The number of halogens is 1. The molecule has 0 fully saturated rings. The number of benzene rings is 2. The molecule has 0 radical (unpaired) electrons. The van der Waals surface area contributed by atoms with Crippen molar-refractivity contribution in [2.45, 2.75) is 51.0 Å². The van der Waals surface area contributed by atoms with Crippen molar-refractivity contribution in [3.8, 4) is 5.75 Å². The van der Waals surface area contributed by atoms with E-state index in [0.29, 0.717) is 19.4 Å². The summed E-state index contributed by atoms with van der Waals surface area (Å²) in [5.74, 6) is 1.52. The van der Waals surface area contributed by atoms with E-state index in [1.165, 1.54) is 16.7 Å². The van der Waals surface area contributed by atoms with Gasteiger partial charge in [-0.2, -0.15) is 0 Å². The summed E-state index contributed by atoms with van der Waals surface area (Å²) in [6, 6.07) is 16.9. The molecular formula is C23H32ClNO3S. The molecule has 2 atom stereocenters. The number of rotatable bonds is 9. The molecule has 4 nitrogen and oxygen atoms in total. The molecule has 2 aromatic carbocycles. The maximum Gasteiger partial charge on any atom is 0.150 e. The van der Waals surface area contributed by atoms with Crippen LogP contribution in [0.3, 0.4) is 0 Å². The van der Waals surface area contributed by atoms with E-state index in [0.717, 1.165) is 25.0 Å². The van der Waals surface area contributed by atoms with E-state index in [2.05, 4.69) is 36.4 Å². The molecule has 2 N–H and O–H groups in total. The van der Waals surface area contributed by atoms with Gasteiger partial charge in [-0.3, -0.25) is 0 Å². The van der Waals surface area contributed by atoms with E-state index in [1.807, 2.05) is 19.1 Å². The van der Waals surface area contributed by atoms with Gasteiger partial charge in [0.2, 0.25) is 0 Å². The quantitative estimate of drug-likeness (QED) is 0.593. The Morgan fingerprint density at radius 2 is 1.86 bits per heavy atom. The third kappa shape index (κ3) is 6.73. The lowest BCUT2D eigenvalue weighted by atomic mass is 9.76. The Morgan fingerprint density at radius 1 is 1.10 bits per heavy atom. The Kier molecular flexibility index (Phi) is 9.00. The normalized spacial score (nSPS) is 18.6. The number of aryl methyl sites for hydroxylation is 1. The summed E-state index contributed by atoms with van der Waals surface area (Å²) in [4.78, 5) is 0. The smallest absolute Gasteiger partial charge is 0.150 e. The van der Waals surface area contributed by atoms with Crippen molar-refractivity contribution >= 4 is 22.2 Å². The largest absolute Gasteiger partial charge is 0.494 e. The van der Waals surface area contributed by atoms with E-state index in [4.69, 9.17) is 10.5 Å². The van der Waals surface area contributed by atoms with Crippen molar-refractivity contribution in [1.82, 2.24) is 0 Å². The zero-order valence-corrected chi connectivity index (χ0v) is 18.7. The summed E-state index contributed by atoms with van der Waals surface area (Å²) < 4.78 is 29.5. The molecule has 1 aliphatic carbocycles. The maximum absolute atomic E-state index is 11.8. The highest BCUT2D eigenvalue weighted by molar-refractivity contribution is 7.91. The minimum Gasteiger partial charge on any atom is -0.494 e. The highest BCUT2D eigenvalue weighted by Crippen LogP contribution is 2.35. The van der Waals surface area contributed by atoms with Gasteiger partial charge in [0.1, 0.15) is 15.6 Å². The van der Waals surface area contributed by atoms with Gasteiger partial charge in [-0.05, 0) is 60.9 Å². The molecule has 2 unspecified atom stereocenters. The Bertz CT molecular complexity index is 871. The molecule has 0 amide bonds. The number of fused-ring (bicyclic) bond motifs is 1. The number of ether oxygens (including phenoxy) is 1. The van der Waals surface area contributed by atoms with Crippen molar-refractivity contribution in [1.29, 1.82) is 0 Å². The third-order valence-electron chi connectivity index (χ3n) is 5.46. The number of hydrogen-bond donors (Lipinski definition) is 1. The van der Waals surface area contributed by atoms with Gasteiger partial charge >= 0.3 is 0 Å². The van der Waals surface area contributed by atoms with E-state index < -0.39 is 9.84 Å². The second-order valence-corrected chi connectivity index (χ2v) is 10.0. The van der Waals surface area contributed by atoms with Crippen LogP contribution in [0.1, 0.15) is 48.8 Å². The number of nitrogens with two attached hydrogens (primary N) is 1. The first-order valence-corrected chi connectivity index (χ1v) is 12.1. The SMILES string of the molecule is CCCS(=O)(=O)CCCOc1ccc2c(c1)C(Cc1ccccc1)C(N)CC2.Cl. The minimum absolute atomic E-state index is 0. The van der Waals surface area contributed by atoms with E-state index in [9.17, 15) is 8.42 Å². The highest BCUT2D eigenvalue weighted by atomic mass is 35.5. The van der Waals surface area contributed by atoms with Gasteiger partial charge in [-0.1, -0.05) is 43.3 Å². The van der Waals surface area contributed by atoms with E-state index in [-0.39, 0.29) is 35.9 Å². The van der Waals surface area contributed by atoms with Crippen LogP contribution in [0, 0.1) is 0 Å². The molecule has 2 aromatic rings. The van der Waals surface area contributed by atoms with Crippen molar-refractivity contribution in [2.75, 3.05) is 18.1 Å². The van der Waals surface area contributed by atoms with Gasteiger partial charge in [0.15, 0.2) is 0 Å². The van der Waals surface area contributed by atoms with E-state index >= 15 is 0 Å². The fourth-order valence-corrected chi connectivity index (χ4v) is 5.38. The minimum atomic E-state index is -2.95. The van der Waals surface area contributed by atoms with Gasteiger partial charge in [0.05, 0.1) is 12.4 Å². The van der Waals surface area contributed by atoms with Gasteiger partial charge in [-0.25, -0.2) is 8.42 Å². The second-order valence-electron chi connectivity index (χ2n) is 7.71. The van der Waals surface area contributed by atoms with Crippen LogP contribution in [0.2, 0.25) is 0 Å². The molecule has 0 saturated carbocycles. The molecule has 3 rings (SSSR count). The lowest BCUT2D eigenvalue weighted by Gasteiger charge is -2.32. The molecule has 0 aromatic heterocycles. The standard InChI is InChI=1S/C23H31NO3S.ClH/c1-2-14-28(25,26)15-6-13-27-20-11-9-19-10-12-23(24)22(21(19)17-20)16-18-7-4-3-5-8-18;/h3-5,7-9,11,17,22-23H,2,6,10,12-16,24H2,1H3;1H. The summed E-state index contributed by atoms with van der Waals surface area (Å²) in [6.07, 6.45) is 4.11. The molecule has 0 aliphatic heterocycles. The first-order chi connectivity index (χ1) is 13.5. The summed E-state index contributed by atoms with van der Waals surface area (Å²) in [5.41, 5.74) is 10.4. The van der Waals surface area contributed by atoms with Gasteiger partial charge < -0.3 is 10.5 Å². The van der Waals surface area contributed by atoms with Crippen LogP contribution in [-0.2, 0) is 22.7 Å². The average Bonchev–Trinajstić information content (AvgIpc) is 2.68. The highest BCUT2D eigenvalue weighted by Gasteiger charge is 2.27. The van der Waals surface area contributed by atoms with Crippen LogP contribution in [0.5, 0.6) is 5.75 Å². The molecule has 0 bridgehead atoms. The maximum atomic E-state index is 11.8. The summed E-state index contributed by atoms with van der Waals surface area (Å²) in [6.45, 7) is 2.30. The van der Waals surface area contributed by atoms with Crippen LogP contribution < -0.4 is 10.5 Å².